The summed E-state index contributed by atoms with van der Waals surface area (Å²) in [5.41, 5.74) is 0.891. The second-order valence-electron chi connectivity index (χ2n) is 4.57. The molecule has 0 heterocycles. The van der Waals surface area contributed by atoms with E-state index in [1.807, 2.05) is 36.4 Å². The molecule has 1 aromatic rings. The summed E-state index contributed by atoms with van der Waals surface area (Å²) in [5, 5.41) is 9.10. The fourth-order valence-electron chi connectivity index (χ4n) is 2.18. The van der Waals surface area contributed by atoms with Gasteiger partial charge >= 0.3 is 11.9 Å². The number of carbonyl (C=O) groups excluding carboxylic acids is 1. The van der Waals surface area contributed by atoms with Gasteiger partial charge in [-0.15, -0.1) is 0 Å². The summed E-state index contributed by atoms with van der Waals surface area (Å²) < 4.78 is 5.19. The van der Waals surface area contributed by atoms with Crippen LogP contribution in [-0.2, 0) is 20.9 Å². The van der Waals surface area contributed by atoms with Gasteiger partial charge in [0, 0.05) is 0 Å². The van der Waals surface area contributed by atoms with E-state index >= 15 is 0 Å². The lowest BCUT2D eigenvalue weighted by atomic mass is 9.84. The van der Waals surface area contributed by atoms with E-state index in [4.69, 9.17) is 9.84 Å². The van der Waals surface area contributed by atoms with E-state index in [2.05, 4.69) is 0 Å². The number of carboxylic acid groups (broad SMARTS) is 1. The van der Waals surface area contributed by atoms with Gasteiger partial charge in [-0.05, 0) is 18.4 Å². The van der Waals surface area contributed by atoms with Crippen molar-refractivity contribution in [2.75, 3.05) is 0 Å². The Morgan fingerprint density at radius 1 is 1.26 bits per heavy atom. The molecule has 1 aromatic carbocycles. The quantitative estimate of drug-likeness (QED) is 0.667. The number of allylic oxidation sites excluding steroid dienone is 1. The first-order valence-corrected chi connectivity index (χ1v) is 6.28. The third-order valence-corrected chi connectivity index (χ3v) is 3.23. The molecule has 0 saturated heterocycles. The zero-order valence-electron chi connectivity index (χ0n) is 10.5. The number of aliphatic carboxylic acids is 1. The maximum atomic E-state index is 11.9. The highest BCUT2D eigenvalue weighted by atomic mass is 16.5. The minimum atomic E-state index is -0.939. The predicted octanol–water partition coefficient (Wildman–Crippen LogP) is 2.40. The maximum absolute atomic E-state index is 11.9. The third kappa shape index (κ3) is 3.44. The first kappa shape index (κ1) is 13.3. The van der Waals surface area contributed by atoms with Gasteiger partial charge in [-0.3, -0.25) is 9.59 Å². The Balaban J connectivity index is 1.97. The smallest absolute Gasteiger partial charge is 0.314 e. The number of benzene rings is 1. The van der Waals surface area contributed by atoms with Gasteiger partial charge in [0.1, 0.15) is 6.61 Å². The SMILES string of the molecule is O=C(OCc1ccccc1)C1C=CCCC1C(=O)O. The molecule has 0 bridgehead atoms. The standard InChI is InChI=1S/C15H16O4/c16-14(17)12-8-4-5-9-13(12)15(18)19-10-11-6-2-1-3-7-11/h1-3,5-7,9,12-13H,4,8,10H2,(H,16,17). The molecule has 0 amide bonds. The molecule has 0 aliphatic heterocycles. The van der Waals surface area contributed by atoms with Gasteiger partial charge in [-0.2, -0.15) is 0 Å². The molecule has 0 fully saturated rings. The number of esters is 1. The molecular weight excluding hydrogens is 244 g/mol. The fourth-order valence-corrected chi connectivity index (χ4v) is 2.18. The summed E-state index contributed by atoms with van der Waals surface area (Å²) in [6.45, 7) is 0.177. The number of ether oxygens (including phenoxy) is 1. The monoisotopic (exact) mass is 260 g/mol. The van der Waals surface area contributed by atoms with Gasteiger partial charge in [0.05, 0.1) is 11.8 Å². The number of rotatable bonds is 4. The lowest BCUT2D eigenvalue weighted by Crippen LogP contribution is -2.31. The molecule has 1 aliphatic rings. The lowest BCUT2D eigenvalue weighted by molar-refractivity contribution is -0.157. The van der Waals surface area contributed by atoms with Gasteiger partial charge in [-0.1, -0.05) is 42.5 Å². The predicted molar refractivity (Wildman–Crippen MR) is 69.2 cm³/mol. The number of hydrogen-bond acceptors (Lipinski definition) is 3. The molecular formula is C15H16O4. The number of hydrogen-bond donors (Lipinski definition) is 1. The Hall–Kier alpha value is -2.10. The first-order valence-electron chi connectivity index (χ1n) is 6.28. The van der Waals surface area contributed by atoms with Crippen LogP contribution in [0.5, 0.6) is 0 Å². The Labute approximate surface area is 111 Å². The van der Waals surface area contributed by atoms with Crippen molar-refractivity contribution in [2.24, 2.45) is 11.8 Å². The maximum Gasteiger partial charge on any atom is 0.314 e. The summed E-state index contributed by atoms with van der Waals surface area (Å²) in [4.78, 5) is 23.1. The first-order chi connectivity index (χ1) is 9.18. The van der Waals surface area contributed by atoms with Crippen molar-refractivity contribution in [2.45, 2.75) is 19.4 Å². The van der Waals surface area contributed by atoms with Gasteiger partial charge in [0.25, 0.3) is 0 Å². The molecule has 1 aliphatic carbocycles. The number of carbonyl (C=O) groups is 2. The highest BCUT2D eigenvalue weighted by Crippen LogP contribution is 2.26. The van der Waals surface area contributed by atoms with Crippen molar-refractivity contribution in [3.8, 4) is 0 Å². The van der Waals surface area contributed by atoms with E-state index < -0.39 is 23.8 Å². The highest BCUT2D eigenvalue weighted by Gasteiger charge is 2.34. The van der Waals surface area contributed by atoms with Crippen LogP contribution in [0.15, 0.2) is 42.5 Å². The number of carboxylic acids is 1. The third-order valence-electron chi connectivity index (χ3n) is 3.23. The molecule has 2 rings (SSSR count). The van der Waals surface area contributed by atoms with Gasteiger partial charge in [0.15, 0.2) is 0 Å². The average molecular weight is 260 g/mol. The molecule has 19 heavy (non-hydrogen) atoms. The van der Waals surface area contributed by atoms with Crippen LogP contribution in [0.2, 0.25) is 0 Å². The zero-order chi connectivity index (χ0) is 13.7. The van der Waals surface area contributed by atoms with Crippen molar-refractivity contribution in [3.63, 3.8) is 0 Å². The normalized spacial score (nSPS) is 21.9. The van der Waals surface area contributed by atoms with E-state index in [0.717, 1.165) is 5.56 Å². The van der Waals surface area contributed by atoms with Crippen LogP contribution < -0.4 is 0 Å². The van der Waals surface area contributed by atoms with Crippen LogP contribution in [0.25, 0.3) is 0 Å². The van der Waals surface area contributed by atoms with E-state index in [9.17, 15) is 9.59 Å². The van der Waals surface area contributed by atoms with Crippen molar-refractivity contribution in [1.82, 2.24) is 0 Å². The second-order valence-corrected chi connectivity index (χ2v) is 4.57. The van der Waals surface area contributed by atoms with Crippen LogP contribution >= 0.6 is 0 Å². The largest absolute Gasteiger partial charge is 0.481 e. The van der Waals surface area contributed by atoms with Crippen molar-refractivity contribution < 1.29 is 19.4 Å². The Kier molecular flexibility index (Phi) is 4.34. The van der Waals surface area contributed by atoms with E-state index in [-0.39, 0.29) is 6.61 Å². The van der Waals surface area contributed by atoms with E-state index in [0.29, 0.717) is 12.8 Å². The Morgan fingerprint density at radius 2 is 2.00 bits per heavy atom. The van der Waals surface area contributed by atoms with Crippen LogP contribution in [0.4, 0.5) is 0 Å². The van der Waals surface area contributed by atoms with Crippen LogP contribution in [0.3, 0.4) is 0 Å². The minimum absolute atomic E-state index is 0.177. The van der Waals surface area contributed by atoms with E-state index in [1.54, 1.807) is 6.08 Å². The van der Waals surface area contributed by atoms with Crippen LogP contribution in [0.1, 0.15) is 18.4 Å². The summed E-state index contributed by atoms with van der Waals surface area (Å²) in [7, 11) is 0. The van der Waals surface area contributed by atoms with Crippen molar-refractivity contribution in [1.29, 1.82) is 0 Å². The Bertz CT molecular complexity index is 478. The van der Waals surface area contributed by atoms with Crippen molar-refractivity contribution >= 4 is 11.9 Å². The fraction of sp³-hybridized carbons (Fsp3) is 0.333. The summed E-state index contributed by atoms with van der Waals surface area (Å²) in [6, 6.07) is 9.33. The highest BCUT2D eigenvalue weighted by molar-refractivity contribution is 5.83. The topological polar surface area (TPSA) is 63.6 Å². The molecule has 4 nitrogen and oxygen atoms in total. The van der Waals surface area contributed by atoms with Crippen LogP contribution in [0, 0.1) is 11.8 Å². The summed E-state index contributed by atoms with van der Waals surface area (Å²) in [5.74, 6) is -2.75. The lowest BCUT2D eigenvalue weighted by Gasteiger charge is -2.22. The molecule has 0 spiro atoms. The molecule has 2 atom stereocenters. The average Bonchev–Trinajstić information content (AvgIpc) is 2.46. The molecule has 100 valence electrons. The second kappa shape index (κ2) is 6.18. The Morgan fingerprint density at radius 3 is 2.68 bits per heavy atom. The minimum Gasteiger partial charge on any atom is -0.481 e. The molecule has 0 radical (unpaired) electrons. The molecule has 4 heteroatoms. The van der Waals surface area contributed by atoms with Crippen LogP contribution in [-0.4, -0.2) is 17.0 Å². The molecule has 2 unspecified atom stereocenters. The summed E-state index contributed by atoms with van der Waals surface area (Å²) in [6.07, 6.45) is 4.67. The molecule has 1 N–H and O–H groups in total. The van der Waals surface area contributed by atoms with Gasteiger partial charge in [-0.25, -0.2) is 0 Å². The van der Waals surface area contributed by atoms with Gasteiger partial charge in [0.2, 0.25) is 0 Å². The molecule has 0 aromatic heterocycles. The molecule has 0 saturated carbocycles. The summed E-state index contributed by atoms with van der Waals surface area (Å²) >= 11 is 0. The van der Waals surface area contributed by atoms with Crippen molar-refractivity contribution in [3.05, 3.63) is 48.0 Å². The zero-order valence-corrected chi connectivity index (χ0v) is 10.5. The van der Waals surface area contributed by atoms with Gasteiger partial charge < -0.3 is 9.84 Å². The van der Waals surface area contributed by atoms with E-state index in [1.165, 1.54) is 0 Å².